The summed E-state index contributed by atoms with van der Waals surface area (Å²) in [6.45, 7) is -0.874. The molecule has 0 aromatic carbocycles. The van der Waals surface area contributed by atoms with Gasteiger partial charge in [0.05, 0.1) is 13.7 Å². The second-order valence-corrected chi connectivity index (χ2v) is 3.56. The lowest BCUT2D eigenvalue weighted by atomic mass is 10.2. The predicted molar refractivity (Wildman–Crippen MR) is 42.0 cm³/mol. The van der Waals surface area contributed by atoms with Crippen LogP contribution in [0.25, 0.3) is 0 Å². The number of ether oxygens (including phenoxy) is 1. The number of rotatable bonds is 5. The normalized spacial score (nSPS) is 16.1. The molecular formula is C5H11O8P. The molecule has 0 heterocycles. The van der Waals surface area contributed by atoms with Gasteiger partial charge in [0.2, 0.25) is 0 Å². The highest BCUT2D eigenvalue weighted by Crippen LogP contribution is 2.35. The monoisotopic (exact) mass is 230 g/mol. The maximum absolute atomic E-state index is 10.6. The average molecular weight is 230 g/mol. The summed E-state index contributed by atoms with van der Waals surface area (Å²) in [5, 5.41) is 17.9. The van der Waals surface area contributed by atoms with E-state index in [9.17, 15) is 9.36 Å². The minimum atomic E-state index is -4.72. The highest BCUT2D eigenvalue weighted by atomic mass is 31.2. The van der Waals surface area contributed by atoms with Crippen molar-refractivity contribution in [2.45, 2.75) is 12.2 Å². The van der Waals surface area contributed by atoms with Crippen molar-refractivity contribution in [1.29, 1.82) is 0 Å². The number of esters is 1. The highest BCUT2D eigenvalue weighted by Gasteiger charge is 2.27. The van der Waals surface area contributed by atoms with E-state index in [1.807, 2.05) is 0 Å². The van der Waals surface area contributed by atoms with Crippen molar-refractivity contribution in [2.24, 2.45) is 0 Å². The van der Waals surface area contributed by atoms with Crippen molar-refractivity contribution in [3.05, 3.63) is 0 Å². The number of hydrogen-bond donors (Lipinski definition) is 4. The van der Waals surface area contributed by atoms with Crippen LogP contribution >= 0.6 is 7.82 Å². The first-order valence-electron chi connectivity index (χ1n) is 3.42. The maximum atomic E-state index is 10.6. The lowest BCUT2D eigenvalue weighted by Gasteiger charge is -2.15. The molecule has 0 rings (SSSR count). The molecule has 2 atom stereocenters. The number of aliphatic hydroxyl groups excluding tert-OH is 2. The van der Waals surface area contributed by atoms with Gasteiger partial charge in [0.25, 0.3) is 0 Å². The Morgan fingerprint density at radius 1 is 1.43 bits per heavy atom. The van der Waals surface area contributed by atoms with Gasteiger partial charge < -0.3 is 24.7 Å². The third-order valence-electron chi connectivity index (χ3n) is 1.22. The topological polar surface area (TPSA) is 134 Å². The maximum Gasteiger partial charge on any atom is 0.469 e. The molecule has 84 valence electrons. The fraction of sp³-hybridized carbons (Fsp3) is 0.800. The number of carbonyl (C=O) groups excluding carboxylic acids is 1. The summed E-state index contributed by atoms with van der Waals surface area (Å²) in [5.41, 5.74) is 0. The van der Waals surface area contributed by atoms with Gasteiger partial charge >= 0.3 is 13.8 Å². The van der Waals surface area contributed by atoms with Crippen LogP contribution < -0.4 is 0 Å². The van der Waals surface area contributed by atoms with Crippen LogP contribution in [0.2, 0.25) is 0 Å². The van der Waals surface area contributed by atoms with Crippen LogP contribution in [-0.2, 0) is 18.6 Å². The van der Waals surface area contributed by atoms with E-state index >= 15 is 0 Å². The van der Waals surface area contributed by atoms with E-state index < -0.39 is 32.6 Å². The molecule has 0 spiro atoms. The number of methoxy groups -OCH3 is 1. The van der Waals surface area contributed by atoms with Gasteiger partial charge in [-0.15, -0.1) is 0 Å². The summed E-state index contributed by atoms with van der Waals surface area (Å²) >= 11 is 0. The molecule has 0 aromatic rings. The van der Waals surface area contributed by atoms with Crippen LogP contribution in [0.5, 0.6) is 0 Å². The van der Waals surface area contributed by atoms with E-state index in [1.165, 1.54) is 0 Å². The zero-order chi connectivity index (χ0) is 11.4. The summed E-state index contributed by atoms with van der Waals surface area (Å²) in [5.74, 6) is -1.12. The second kappa shape index (κ2) is 5.40. The second-order valence-electron chi connectivity index (χ2n) is 2.32. The van der Waals surface area contributed by atoms with Gasteiger partial charge in [-0.2, -0.15) is 0 Å². The molecule has 0 radical (unpaired) electrons. The minimum absolute atomic E-state index is 0.874. The SMILES string of the molecule is COC(=O)[C@@H](O)[C@H](O)COP(=O)(O)O. The summed E-state index contributed by atoms with van der Waals surface area (Å²) in [7, 11) is -3.73. The van der Waals surface area contributed by atoms with Crippen molar-refractivity contribution in [3.8, 4) is 0 Å². The summed E-state index contributed by atoms with van der Waals surface area (Å²) < 4.78 is 18.1. The van der Waals surface area contributed by atoms with E-state index in [2.05, 4.69) is 9.26 Å². The number of aliphatic hydroxyl groups is 2. The van der Waals surface area contributed by atoms with Gasteiger partial charge in [0.1, 0.15) is 6.10 Å². The van der Waals surface area contributed by atoms with Crippen LogP contribution in [-0.4, -0.2) is 51.9 Å². The quantitative estimate of drug-likeness (QED) is 0.314. The zero-order valence-corrected chi connectivity index (χ0v) is 8.13. The van der Waals surface area contributed by atoms with Crippen molar-refractivity contribution >= 4 is 13.8 Å². The van der Waals surface area contributed by atoms with Crippen LogP contribution in [0.15, 0.2) is 0 Å². The van der Waals surface area contributed by atoms with E-state index in [1.54, 1.807) is 0 Å². The number of phosphoric ester groups is 1. The molecule has 0 saturated heterocycles. The van der Waals surface area contributed by atoms with Crippen LogP contribution in [0, 0.1) is 0 Å². The average Bonchev–Trinajstić information content (AvgIpc) is 2.10. The van der Waals surface area contributed by atoms with E-state index in [-0.39, 0.29) is 0 Å². The standard InChI is InChI=1S/C5H11O8P/c1-12-5(8)4(7)3(6)2-13-14(9,10)11/h3-4,6-7H,2H2,1H3,(H2,9,10,11)/t3-,4+/m1/s1. The van der Waals surface area contributed by atoms with E-state index in [4.69, 9.17) is 20.0 Å². The van der Waals surface area contributed by atoms with Gasteiger partial charge in [-0.05, 0) is 0 Å². The van der Waals surface area contributed by atoms with E-state index in [0.717, 1.165) is 7.11 Å². The fourth-order valence-electron chi connectivity index (χ4n) is 0.542. The van der Waals surface area contributed by atoms with Crippen molar-refractivity contribution in [1.82, 2.24) is 0 Å². The van der Waals surface area contributed by atoms with Crippen molar-refractivity contribution in [2.75, 3.05) is 13.7 Å². The fourth-order valence-corrected chi connectivity index (χ4v) is 0.889. The lowest BCUT2D eigenvalue weighted by molar-refractivity contribution is -0.157. The molecule has 4 N–H and O–H groups in total. The molecule has 0 aliphatic carbocycles. The Balaban J connectivity index is 4.02. The van der Waals surface area contributed by atoms with Gasteiger partial charge in [0.15, 0.2) is 6.10 Å². The summed E-state index contributed by atoms with van der Waals surface area (Å²) in [6, 6.07) is 0. The summed E-state index contributed by atoms with van der Waals surface area (Å²) in [4.78, 5) is 27.0. The Bertz CT molecular complexity index is 234. The third kappa shape index (κ3) is 5.28. The first kappa shape index (κ1) is 13.5. The van der Waals surface area contributed by atoms with Crippen LogP contribution in [0.1, 0.15) is 0 Å². The molecule has 0 bridgehead atoms. The Kier molecular flexibility index (Phi) is 5.21. The minimum Gasteiger partial charge on any atom is -0.467 e. The Labute approximate surface area is 79.3 Å². The van der Waals surface area contributed by atoms with Crippen molar-refractivity contribution in [3.63, 3.8) is 0 Å². The highest BCUT2D eigenvalue weighted by molar-refractivity contribution is 7.46. The largest absolute Gasteiger partial charge is 0.469 e. The predicted octanol–water partition coefficient (Wildman–Crippen LogP) is -2.01. The zero-order valence-electron chi connectivity index (χ0n) is 7.23. The molecular weight excluding hydrogens is 219 g/mol. The van der Waals surface area contributed by atoms with E-state index in [0.29, 0.717) is 0 Å². The Hall–Kier alpha value is -0.500. The molecule has 0 aromatic heterocycles. The lowest BCUT2D eigenvalue weighted by Crippen LogP contribution is -2.37. The molecule has 0 aliphatic rings. The molecule has 0 fully saturated rings. The smallest absolute Gasteiger partial charge is 0.467 e. The Morgan fingerprint density at radius 2 is 1.93 bits per heavy atom. The molecule has 9 heteroatoms. The molecule has 14 heavy (non-hydrogen) atoms. The number of carbonyl (C=O) groups is 1. The first-order valence-corrected chi connectivity index (χ1v) is 4.95. The summed E-state index contributed by atoms with van der Waals surface area (Å²) in [6.07, 6.45) is -3.65. The number of phosphoric acid groups is 1. The van der Waals surface area contributed by atoms with Gasteiger partial charge in [-0.3, -0.25) is 4.52 Å². The van der Waals surface area contributed by atoms with Gasteiger partial charge in [-0.1, -0.05) is 0 Å². The molecule has 0 aliphatic heterocycles. The Morgan fingerprint density at radius 3 is 2.29 bits per heavy atom. The third-order valence-corrected chi connectivity index (χ3v) is 1.71. The van der Waals surface area contributed by atoms with Gasteiger partial charge in [-0.25, -0.2) is 9.36 Å². The molecule has 0 unspecified atom stereocenters. The number of hydrogen-bond acceptors (Lipinski definition) is 6. The molecule has 0 saturated carbocycles. The first-order chi connectivity index (χ1) is 6.28. The molecule has 0 amide bonds. The van der Waals surface area contributed by atoms with Crippen LogP contribution in [0.4, 0.5) is 0 Å². The van der Waals surface area contributed by atoms with Crippen molar-refractivity contribution < 1.29 is 38.6 Å². The van der Waals surface area contributed by atoms with Gasteiger partial charge in [0, 0.05) is 0 Å². The van der Waals surface area contributed by atoms with Crippen LogP contribution in [0.3, 0.4) is 0 Å². The molecule has 8 nitrogen and oxygen atoms in total.